The van der Waals surface area contributed by atoms with Crippen molar-refractivity contribution in [2.24, 2.45) is 0 Å². The fraction of sp³-hybridized carbons (Fsp3) is 0.158. The third kappa shape index (κ3) is 3.01. The first-order chi connectivity index (χ1) is 11.2. The Hall–Kier alpha value is -2.88. The number of hydrogen-bond donors (Lipinski definition) is 0. The molecule has 2 aromatic carbocycles. The van der Waals surface area contributed by atoms with Gasteiger partial charge in [-0.2, -0.15) is 0 Å². The van der Waals surface area contributed by atoms with E-state index in [0.717, 1.165) is 11.1 Å². The highest BCUT2D eigenvalue weighted by atomic mass is 16.6. The van der Waals surface area contributed by atoms with Crippen molar-refractivity contribution < 1.29 is 19.1 Å². The number of carbonyl (C=O) groups is 2. The minimum absolute atomic E-state index is 0.0569. The van der Waals surface area contributed by atoms with Crippen molar-refractivity contribution in [3.8, 4) is 0 Å². The average molecular weight is 308 g/mol. The van der Waals surface area contributed by atoms with Gasteiger partial charge in [-0.3, -0.25) is 4.79 Å². The second-order valence-corrected chi connectivity index (χ2v) is 5.27. The Morgan fingerprint density at radius 2 is 1.52 bits per heavy atom. The Kier molecular flexibility index (Phi) is 4.24. The maximum absolute atomic E-state index is 12.5. The van der Waals surface area contributed by atoms with E-state index in [0.29, 0.717) is 0 Å². The van der Waals surface area contributed by atoms with Crippen LogP contribution in [-0.4, -0.2) is 19.0 Å². The summed E-state index contributed by atoms with van der Waals surface area (Å²) in [6.45, 7) is 0. The highest BCUT2D eigenvalue weighted by molar-refractivity contribution is 5.93. The fourth-order valence-corrected chi connectivity index (χ4v) is 2.79. The summed E-state index contributed by atoms with van der Waals surface area (Å²) in [5, 5.41) is 0. The van der Waals surface area contributed by atoms with Gasteiger partial charge in [0.1, 0.15) is 0 Å². The van der Waals surface area contributed by atoms with Gasteiger partial charge in [0, 0.05) is 5.92 Å². The maximum Gasteiger partial charge on any atom is 0.373 e. The van der Waals surface area contributed by atoms with Gasteiger partial charge in [0.15, 0.2) is 0 Å². The molecule has 0 aliphatic carbocycles. The number of cyclic esters (lactones) is 1. The number of ether oxygens (including phenoxy) is 2. The van der Waals surface area contributed by atoms with Crippen LogP contribution in [-0.2, 0) is 19.1 Å². The fourth-order valence-electron chi connectivity index (χ4n) is 2.79. The monoisotopic (exact) mass is 308 g/mol. The van der Waals surface area contributed by atoms with Crippen molar-refractivity contribution >= 4 is 11.9 Å². The molecule has 0 fully saturated rings. The third-order valence-electron chi connectivity index (χ3n) is 3.88. The molecule has 116 valence electrons. The van der Waals surface area contributed by atoms with E-state index in [-0.39, 0.29) is 11.7 Å². The molecular formula is C19H16O4. The van der Waals surface area contributed by atoms with Gasteiger partial charge in [-0.05, 0) is 17.2 Å². The van der Waals surface area contributed by atoms with E-state index < -0.39 is 17.9 Å². The van der Waals surface area contributed by atoms with Crippen LogP contribution in [0.15, 0.2) is 72.5 Å². The van der Waals surface area contributed by atoms with Crippen LogP contribution in [0.2, 0.25) is 0 Å². The lowest BCUT2D eigenvalue weighted by molar-refractivity contribution is -0.152. The molecule has 0 N–H and O–H groups in total. The number of allylic oxidation sites excluding steroid dienone is 1. The Bertz CT molecular complexity index is 734. The minimum atomic E-state index is -0.647. The number of rotatable bonds is 3. The molecule has 0 radical (unpaired) electrons. The van der Waals surface area contributed by atoms with Crippen molar-refractivity contribution in [3.05, 3.63) is 83.6 Å². The van der Waals surface area contributed by atoms with Gasteiger partial charge >= 0.3 is 11.9 Å². The van der Waals surface area contributed by atoms with Gasteiger partial charge in [-0.25, -0.2) is 4.79 Å². The van der Waals surface area contributed by atoms with Crippen molar-refractivity contribution in [2.45, 2.75) is 11.8 Å². The van der Waals surface area contributed by atoms with Crippen molar-refractivity contribution in [1.29, 1.82) is 0 Å². The minimum Gasteiger partial charge on any atom is -0.463 e. The molecule has 1 heterocycles. The molecule has 1 aliphatic rings. The summed E-state index contributed by atoms with van der Waals surface area (Å²) in [4.78, 5) is 24.3. The van der Waals surface area contributed by atoms with Crippen molar-refractivity contribution in [3.63, 3.8) is 0 Å². The standard InChI is InChI=1S/C19H16O4/c1-22-18(20)16-12-15(13-8-4-2-5-9-13)17(19(21)23-16)14-10-6-3-7-11-14/h2-12,15,17H,1H3/t15-,17-/m0/s1. The predicted octanol–water partition coefficient (Wildman–Crippen LogP) is 3.17. The SMILES string of the molecule is COC(=O)C1=C[C@@H](c2ccccc2)[C@H](c2ccccc2)C(=O)O1. The summed E-state index contributed by atoms with van der Waals surface area (Å²) in [7, 11) is 1.26. The van der Waals surface area contributed by atoms with E-state index >= 15 is 0 Å². The summed E-state index contributed by atoms with van der Waals surface area (Å²) < 4.78 is 9.88. The van der Waals surface area contributed by atoms with E-state index in [2.05, 4.69) is 4.74 Å². The first-order valence-corrected chi connectivity index (χ1v) is 7.32. The van der Waals surface area contributed by atoms with Crippen LogP contribution in [0, 0.1) is 0 Å². The summed E-state index contributed by atoms with van der Waals surface area (Å²) in [6.07, 6.45) is 1.67. The molecule has 0 bridgehead atoms. The Balaban J connectivity index is 2.09. The van der Waals surface area contributed by atoms with Gasteiger partial charge in [-0.15, -0.1) is 0 Å². The highest BCUT2D eigenvalue weighted by Crippen LogP contribution is 2.39. The van der Waals surface area contributed by atoms with Gasteiger partial charge in [0.25, 0.3) is 0 Å². The molecule has 1 aliphatic heterocycles. The first-order valence-electron chi connectivity index (χ1n) is 7.32. The number of esters is 2. The number of benzene rings is 2. The molecule has 0 aromatic heterocycles. The molecule has 2 atom stereocenters. The summed E-state index contributed by atoms with van der Waals surface area (Å²) in [6, 6.07) is 19.0. The number of carbonyl (C=O) groups excluding carboxylic acids is 2. The zero-order chi connectivity index (χ0) is 16.2. The normalized spacial score (nSPS) is 20.4. The first kappa shape index (κ1) is 15.0. The second-order valence-electron chi connectivity index (χ2n) is 5.27. The summed E-state index contributed by atoms with van der Waals surface area (Å²) in [5.74, 6) is -1.93. The quantitative estimate of drug-likeness (QED) is 0.817. The highest BCUT2D eigenvalue weighted by Gasteiger charge is 2.38. The van der Waals surface area contributed by atoms with Crippen LogP contribution in [0.3, 0.4) is 0 Å². The lowest BCUT2D eigenvalue weighted by atomic mass is 9.80. The smallest absolute Gasteiger partial charge is 0.373 e. The summed E-state index contributed by atoms with van der Waals surface area (Å²) in [5.41, 5.74) is 1.80. The van der Waals surface area contributed by atoms with Gasteiger partial charge < -0.3 is 9.47 Å². The Morgan fingerprint density at radius 1 is 0.957 bits per heavy atom. The zero-order valence-corrected chi connectivity index (χ0v) is 12.6. The van der Waals surface area contributed by atoms with Crippen LogP contribution in [0.25, 0.3) is 0 Å². The lowest BCUT2D eigenvalue weighted by Crippen LogP contribution is -2.29. The lowest BCUT2D eigenvalue weighted by Gasteiger charge is -2.28. The molecular weight excluding hydrogens is 292 g/mol. The van der Waals surface area contributed by atoms with Crippen LogP contribution in [0.4, 0.5) is 0 Å². The Morgan fingerprint density at radius 3 is 2.09 bits per heavy atom. The van der Waals surface area contributed by atoms with Crippen LogP contribution >= 0.6 is 0 Å². The molecule has 0 amide bonds. The third-order valence-corrected chi connectivity index (χ3v) is 3.88. The molecule has 4 nitrogen and oxygen atoms in total. The largest absolute Gasteiger partial charge is 0.463 e. The van der Waals surface area contributed by atoms with Crippen molar-refractivity contribution in [2.75, 3.05) is 7.11 Å². The van der Waals surface area contributed by atoms with Crippen LogP contribution in [0.5, 0.6) is 0 Å². The van der Waals surface area contributed by atoms with Crippen LogP contribution in [0.1, 0.15) is 23.0 Å². The maximum atomic E-state index is 12.5. The van der Waals surface area contributed by atoms with Crippen LogP contribution < -0.4 is 0 Å². The summed E-state index contributed by atoms with van der Waals surface area (Å²) >= 11 is 0. The molecule has 0 unspecified atom stereocenters. The second kappa shape index (κ2) is 6.48. The molecule has 0 saturated heterocycles. The Labute approximate surface area is 134 Å². The zero-order valence-electron chi connectivity index (χ0n) is 12.6. The average Bonchev–Trinajstić information content (AvgIpc) is 2.61. The number of hydrogen-bond acceptors (Lipinski definition) is 4. The topological polar surface area (TPSA) is 52.6 Å². The number of methoxy groups -OCH3 is 1. The van der Waals surface area contributed by atoms with E-state index in [1.54, 1.807) is 6.08 Å². The molecule has 3 rings (SSSR count). The van der Waals surface area contributed by atoms with E-state index in [1.165, 1.54) is 7.11 Å². The molecule has 0 spiro atoms. The molecule has 0 saturated carbocycles. The van der Waals surface area contributed by atoms with E-state index in [9.17, 15) is 9.59 Å². The molecule has 2 aromatic rings. The van der Waals surface area contributed by atoms with E-state index in [4.69, 9.17) is 4.74 Å². The van der Waals surface area contributed by atoms with E-state index in [1.807, 2.05) is 60.7 Å². The predicted molar refractivity (Wildman–Crippen MR) is 84.6 cm³/mol. The van der Waals surface area contributed by atoms with Gasteiger partial charge in [0.05, 0.1) is 13.0 Å². The molecule has 4 heteroatoms. The van der Waals surface area contributed by atoms with Gasteiger partial charge in [-0.1, -0.05) is 60.7 Å². The van der Waals surface area contributed by atoms with Gasteiger partial charge in [0.2, 0.25) is 5.76 Å². The van der Waals surface area contributed by atoms with Crippen molar-refractivity contribution in [1.82, 2.24) is 0 Å². The molecule has 23 heavy (non-hydrogen) atoms.